The first-order valence-corrected chi connectivity index (χ1v) is 11.2. The number of aromatic nitrogens is 1. The van der Waals surface area contributed by atoms with Crippen molar-refractivity contribution in [1.29, 1.82) is 5.26 Å². The number of nitrogens with one attached hydrogen (secondary N) is 1. The Bertz CT molecular complexity index is 1180. The van der Waals surface area contributed by atoms with Gasteiger partial charge in [0.1, 0.15) is 16.6 Å². The van der Waals surface area contributed by atoms with Crippen LogP contribution in [0.25, 0.3) is 16.8 Å². The summed E-state index contributed by atoms with van der Waals surface area (Å²) in [6.07, 6.45) is 1.60. The van der Waals surface area contributed by atoms with Crippen molar-refractivity contribution in [3.8, 4) is 28.8 Å². The van der Waals surface area contributed by atoms with Gasteiger partial charge in [-0.15, -0.1) is 11.3 Å². The molecular weight excluding hydrogens is 438 g/mol. The van der Waals surface area contributed by atoms with Gasteiger partial charge in [0.25, 0.3) is 0 Å². The molecule has 7 nitrogen and oxygen atoms in total. The summed E-state index contributed by atoms with van der Waals surface area (Å²) in [5.41, 5.74) is 3.21. The zero-order valence-corrected chi connectivity index (χ0v) is 19.7. The third kappa shape index (κ3) is 6.11. The molecule has 0 atom stereocenters. The Morgan fingerprint density at radius 2 is 1.88 bits per heavy atom. The molecule has 8 heteroatoms. The number of ether oxygens (including phenoxy) is 3. The molecule has 0 bridgehead atoms. The molecule has 0 saturated heterocycles. The van der Waals surface area contributed by atoms with Gasteiger partial charge in [-0.2, -0.15) is 5.26 Å². The van der Waals surface area contributed by atoms with Gasteiger partial charge in [-0.3, -0.25) is 0 Å². The highest BCUT2D eigenvalue weighted by Gasteiger charge is 2.12. The van der Waals surface area contributed by atoms with E-state index in [2.05, 4.69) is 16.4 Å². The summed E-state index contributed by atoms with van der Waals surface area (Å²) in [5.74, 6) is 1.17. The topological polar surface area (TPSA) is 93.5 Å². The van der Waals surface area contributed by atoms with Gasteiger partial charge >= 0.3 is 5.97 Å². The van der Waals surface area contributed by atoms with Gasteiger partial charge in [-0.25, -0.2) is 9.78 Å². The van der Waals surface area contributed by atoms with Gasteiger partial charge in [-0.1, -0.05) is 13.8 Å². The number of nitrogens with zero attached hydrogens (tertiary/aromatic N) is 2. The summed E-state index contributed by atoms with van der Waals surface area (Å²) in [6, 6.07) is 14.6. The first kappa shape index (κ1) is 23.8. The molecule has 0 amide bonds. The van der Waals surface area contributed by atoms with Crippen molar-refractivity contribution in [2.45, 2.75) is 13.8 Å². The first-order chi connectivity index (χ1) is 15.9. The number of carbonyl (C=O) groups is 1. The van der Waals surface area contributed by atoms with E-state index in [1.807, 2.05) is 37.4 Å². The molecule has 1 N–H and O–H groups in total. The van der Waals surface area contributed by atoms with E-state index < -0.39 is 0 Å². The minimum Gasteiger partial charge on any atom is -0.493 e. The molecule has 2 aromatic carbocycles. The monoisotopic (exact) mass is 463 g/mol. The van der Waals surface area contributed by atoms with E-state index >= 15 is 0 Å². The lowest BCUT2D eigenvalue weighted by Gasteiger charge is -2.08. The highest BCUT2D eigenvalue weighted by Crippen LogP contribution is 2.33. The molecule has 1 heterocycles. The van der Waals surface area contributed by atoms with Crippen LogP contribution in [0.15, 0.2) is 54.0 Å². The van der Waals surface area contributed by atoms with Crippen LogP contribution in [0.2, 0.25) is 0 Å². The van der Waals surface area contributed by atoms with Crippen molar-refractivity contribution in [2.24, 2.45) is 5.92 Å². The lowest BCUT2D eigenvalue weighted by Crippen LogP contribution is -2.10. The fourth-order valence-electron chi connectivity index (χ4n) is 2.85. The van der Waals surface area contributed by atoms with Crippen molar-refractivity contribution in [2.75, 3.05) is 26.1 Å². The van der Waals surface area contributed by atoms with E-state index in [1.165, 1.54) is 11.3 Å². The lowest BCUT2D eigenvalue weighted by molar-refractivity contribution is 0.0459. The molecule has 0 radical (unpaired) electrons. The van der Waals surface area contributed by atoms with E-state index in [1.54, 1.807) is 44.7 Å². The summed E-state index contributed by atoms with van der Waals surface area (Å²) in [7, 11) is 3.17. The maximum Gasteiger partial charge on any atom is 0.338 e. The van der Waals surface area contributed by atoms with Gasteiger partial charge in [0, 0.05) is 22.8 Å². The highest BCUT2D eigenvalue weighted by atomic mass is 32.1. The Balaban J connectivity index is 1.71. The molecule has 0 aliphatic rings. The number of anilines is 1. The number of carbonyl (C=O) groups excluding carboxylic acids is 1. The standard InChI is InChI=1S/C25H25N3O4S/c1-16(2)14-32-25(29)17-5-8-20(9-6-17)27-13-19(12-26)24-28-21(15-33-24)18-7-10-22(30-3)23(11-18)31-4/h5-11,13,15-16,27H,14H2,1-4H3/b19-13+. The molecule has 0 fully saturated rings. The molecule has 0 spiro atoms. The molecule has 33 heavy (non-hydrogen) atoms. The summed E-state index contributed by atoms with van der Waals surface area (Å²) >= 11 is 1.37. The summed E-state index contributed by atoms with van der Waals surface area (Å²) < 4.78 is 15.9. The molecule has 0 aliphatic heterocycles. The number of rotatable bonds is 9. The van der Waals surface area contributed by atoms with Crippen LogP contribution in [0.5, 0.6) is 11.5 Å². The highest BCUT2D eigenvalue weighted by molar-refractivity contribution is 7.11. The van der Waals surface area contributed by atoms with Crippen LogP contribution in [0, 0.1) is 17.2 Å². The van der Waals surface area contributed by atoms with E-state index in [0.29, 0.717) is 34.3 Å². The van der Waals surface area contributed by atoms with Crippen molar-refractivity contribution in [1.82, 2.24) is 4.98 Å². The number of esters is 1. The van der Waals surface area contributed by atoms with E-state index in [0.717, 1.165) is 16.9 Å². The molecule has 170 valence electrons. The summed E-state index contributed by atoms with van der Waals surface area (Å²) in [4.78, 5) is 16.6. The van der Waals surface area contributed by atoms with Crippen LogP contribution < -0.4 is 14.8 Å². The fourth-order valence-corrected chi connectivity index (χ4v) is 3.65. The van der Waals surface area contributed by atoms with Crippen molar-refractivity contribution in [3.05, 3.63) is 64.6 Å². The Morgan fingerprint density at radius 3 is 2.52 bits per heavy atom. The van der Waals surface area contributed by atoms with Gasteiger partial charge in [0.15, 0.2) is 11.5 Å². The Morgan fingerprint density at radius 1 is 1.15 bits per heavy atom. The minimum atomic E-state index is -0.353. The number of hydrogen-bond donors (Lipinski definition) is 1. The number of thiazole rings is 1. The molecule has 0 saturated carbocycles. The van der Waals surface area contributed by atoms with E-state index in [-0.39, 0.29) is 11.9 Å². The Labute approximate surface area is 197 Å². The van der Waals surface area contributed by atoms with Crippen molar-refractivity contribution < 1.29 is 19.0 Å². The van der Waals surface area contributed by atoms with Crippen LogP contribution in [0.1, 0.15) is 29.2 Å². The van der Waals surface area contributed by atoms with Crippen LogP contribution in [-0.4, -0.2) is 31.8 Å². The molecule has 0 unspecified atom stereocenters. The summed E-state index contributed by atoms with van der Waals surface area (Å²) in [6.45, 7) is 4.35. The summed E-state index contributed by atoms with van der Waals surface area (Å²) in [5, 5.41) is 15.2. The number of allylic oxidation sites excluding steroid dienone is 1. The van der Waals surface area contributed by atoms with Gasteiger partial charge in [-0.05, 0) is 48.4 Å². The Hall–Kier alpha value is -3.83. The average Bonchev–Trinajstić information content (AvgIpc) is 3.33. The Kier molecular flexibility index (Phi) is 8.06. The van der Waals surface area contributed by atoms with Gasteiger partial charge in [0.05, 0.1) is 32.1 Å². The first-order valence-electron chi connectivity index (χ1n) is 10.3. The van der Waals surface area contributed by atoms with Crippen molar-refractivity contribution >= 4 is 28.6 Å². The van der Waals surface area contributed by atoms with Crippen molar-refractivity contribution in [3.63, 3.8) is 0 Å². The van der Waals surface area contributed by atoms with Crippen LogP contribution in [0.3, 0.4) is 0 Å². The third-order valence-electron chi connectivity index (χ3n) is 4.59. The number of nitriles is 1. The maximum absolute atomic E-state index is 12.0. The number of hydrogen-bond acceptors (Lipinski definition) is 8. The average molecular weight is 464 g/mol. The molecular formula is C25H25N3O4S. The minimum absolute atomic E-state index is 0.280. The predicted octanol–water partition coefficient (Wildman–Crippen LogP) is 5.62. The second-order valence-electron chi connectivity index (χ2n) is 7.49. The normalized spacial score (nSPS) is 11.1. The second kappa shape index (κ2) is 11.2. The van der Waals surface area contributed by atoms with Gasteiger partial charge in [0.2, 0.25) is 0 Å². The van der Waals surface area contributed by atoms with Gasteiger partial charge < -0.3 is 19.5 Å². The van der Waals surface area contributed by atoms with Crippen LogP contribution in [0.4, 0.5) is 5.69 Å². The smallest absolute Gasteiger partial charge is 0.338 e. The zero-order chi connectivity index (χ0) is 23.8. The number of methoxy groups -OCH3 is 2. The fraction of sp³-hybridized carbons (Fsp3) is 0.240. The molecule has 3 aromatic rings. The third-order valence-corrected chi connectivity index (χ3v) is 5.46. The molecule has 1 aromatic heterocycles. The second-order valence-corrected chi connectivity index (χ2v) is 8.35. The maximum atomic E-state index is 12.0. The van der Waals surface area contributed by atoms with E-state index in [9.17, 15) is 10.1 Å². The quantitative estimate of drug-likeness (QED) is 0.325. The zero-order valence-electron chi connectivity index (χ0n) is 18.9. The SMILES string of the molecule is COc1ccc(-c2csc(/C(C#N)=C/Nc3ccc(C(=O)OCC(C)C)cc3)n2)cc1OC. The molecule has 0 aliphatic carbocycles. The molecule has 3 rings (SSSR count). The van der Waals surface area contributed by atoms with Crippen LogP contribution >= 0.6 is 11.3 Å². The van der Waals surface area contributed by atoms with Crippen LogP contribution in [-0.2, 0) is 4.74 Å². The van der Waals surface area contributed by atoms with E-state index in [4.69, 9.17) is 14.2 Å². The largest absolute Gasteiger partial charge is 0.493 e. The predicted molar refractivity (Wildman–Crippen MR) is 129 cm³/mol. The lowest BCUT2D eigenvalue weighted by atomic mass is 10.1. The number of benzene rings is 2.